The first-order valence-corrected chi connectivity index (χ1v) is 4.92. The average molecular weight is 201 g/mol. The van der Waals surface area contributed by atoms with Gasteiger partial charge in [-0.1, -0.05) is 0 Å². The largest absolute Gasteiger partial charge is 0.387 e. The number of rotatable bonds is 2. The van der Waals surface area contributed by atoms with Gasteiger partial charge in [0.2, 0.25) is 0 Å². The minimum atomic E-state index is -0.774. The Balaban J connectivity index is 2.32. The van der Waals surface area contributed by atoms with Gasteiger partial charge < -0.3 is 20.6 Å². The number of piperidine rings is 1. The fourth-order valence-corrected chi connectivity index (χ4v) is 1.50. The minimum absolute atomic E-state index is 0.163. The molecule has 0 aromatic heterocycles. The van der Waals surface area contributed by atoms with E-state index >= 15 is 0 Å². The molecule has 0 aromatic carbocycles. The lowest BCUT2D eigenvalue weighted by Gasteiger charge is -2.33. The highest BCUT2D eigenvalue weighted by atomic mass is 16.3. The van der Waals surface area contributed by atoms with E-state index in [0.29, 0.717) is 13.1 Å². The summed E-state index contributed by atoms with van der Waals surface area (Å²) < 4.78 is 0. The van der Waals surface area contributed by atoms with E-state index in [1.165, 1.54) is 4.90 Å². The lowest BCUT2D eigenvalue weighted by atomic mass is 9.94. The van der Waals surface area contributed by atoms with E-state index < -0.39 is 5.60 Å². The number of carbonyl (C=O) groups excluding carboxylic acids is 1. The molecule has 1 heterocycles. The first-order valence-electron chi connectivity index (χ1n) is 4.92. The van der Waals surface area contributed by atoms with Gasteiger partial charge in [0.15, 0.2) is 0 Å². The molecule has 1 aliphatic rings. The molecule has 0 aliphatic carbocycles. The average Bonchev–Trinajstić information content (AvgIpc) is 2.15. The third-order valence-corrected chi connectivity index (χ3v) is 2.42. The maximum absolute atomic E-state index is 11.2. The van der Waals surface area contributed by atoms with Crippen LogP contribution in [0.2, 0.25) is 0 Å². The molecule has 1 atom stereocenters. The van der Waals surface area contributed by atoms with Crippen LogP contribution in [0.5, 0.6) is 0 Å². The molecule has 82 valence electrons. The molecule has 0 aromatic rings. The molecule has 1 saturated heterocycles. The minimum Gasteiger partial charge on any atom is -0.387 e. The van der Waals surface area contributed by atoms with E-state index in [0.717, 1.165) is 19.4 Å². The van der Waals surface area contributed by atoms with Gasteiger partial charge in [0.1, 0.15) is 0 Å². The lowest BCUT2D eigenvalue weighted by Crippen LogP contribution is -2.53. The van der Waals surface area contributed by atoms with Crippen LogP contribution in [0.3, 0.4) is 0 Å². The van der Waals surface area contributed by atoms with Crippen LogP contribution in [0.25, 0.3) is 0 Å². The molecule has 1 rings (SSSR count). The summed E-state index contributed by atoms with van der Waals surface area (Å²) in [5.74, 6) is 0. The van der Waals surface area contributed by atoms with E-state index in [4.69, 9.17) is 0 Å². The summed E-state index contributed by atoms with van der Waals surface area (Å²) in [5.41, 5.74) is -0.774. The Morgan fingerprint density at radius 2 is 2.36 bits per heavy atom. The highest BCUT2D eigenvalue weighted by Gasteiger charge is 2.29. The number of nitrogens with zero attached hydrogens (tertiary/aromatic N) is 1. The first kappa shape index (κ1) is 11.3. The number of nitrogens with one attached hydrogen (secondary N) is 2. The SMILES string of the molecule is CN(C)C(=O)NCC1(O)CCCNC1. The second kappa shape index (κ2) is 4.61. The quantitative estimate of drug-likeness (QED) is 0.557. The zero-order valence-corrected chi connectivity index (χ0v) is 8.84. The van der Waals surface area contributed by atoms with Crippen molar-refractivity contribution in [2.24, 2.45) is 0 Å². The fraction of sp³-hybridized carbons (Fsp3) is 0.889. The Kier molecular flexibility index (Phi) is 3.71. The van der Waals surface area contributed by atoms with Crippen LogP contribution in [0.1, 0.15) is 12.8 Å². The van der Waals surface area contributed by atoms with Crippen LogP contribution in [-0.2, 0) is 0 Å². The van der Waals surface area contributed by atoms with Crippen LogP contribution < -0.4 is 10.6 Å². The van der Waals surface area contributed by atoms with Gasteiger partial charge in [-0.3, -0.25) is 0 Å². The Morgan fingerprint density at radius 3 is 2.86 bits per heavy atom. The number of carbonyl (C=O) groups is 1. The molecule has 1 unspecified atom stereocenters. The summed E-state index contributed by atoms with van der Waals surface area (Å²) >= 11 is 0. The van der Waals surface area contributed by atoms with Crippen LogP contribution >= 0.6 is 0 Å². The maximum Gasteiger partial charge on any atom is 0.316 e. The zero-order valence-electron chi connectivity index (χ0n) is 8.84. The second-order valence-corrected chi connectivity index (χ2v) is 4.06. The van der Waals surface area contributed by atoms with Crippen molar-refractivity contribution in [2.45, 2.75) is 18.4 Å². The lowest BCUT2D eigenvalue weighted by molar-refractivity contribution is 0.0187. The van der Waals surface area contributed by atoms with Crippen LogP contribution in [-0.4, -0.2) is 55.4 Å². The van der Waals surface area contributed by atoms with E-state index in [2.05, 4.69) is 10.6 Å². The smallest absolute Gasteiger partial charge is 0.316 e. The summed E-state index contributed by atoms with van der Waals surface area (Å²) in [6, 6.07) is -0.163. The van der Waals surface area contributed by atoms with Crippen molar-refractivity contribution in [1.82, 2.24) is 15.5 Å². The van der Waals surface area contributed by atoms with Crippen molar-refractivity contribution < 1.29 is 9.90 Å². The molecule has 5 nitrogen and oxygen atoms in total. The molecule has 0 saturated carbocycles. The highest BCUT2D eigenvalue weighted by Crippen LogP contribution is 2.14. The molecule has 0 spiro atoms. The standard InChI is InChI=1S/C9H19N3O2/c1-12(2)8(13)11-7-9(14)4-3-5-10-6-9/h10,14H,3-7H2,1-2H3,(H,11,13). The van der Waals surface area contributed by atoms with Crippen molar-refractivity contribution in [2.75, 3.05) is 33.7 Å². The van der Waals surface area contributed by atoms with Gasteiger partial charge in [-0.15, -0.1) is 0 Å². The Bertz CT molecular complexity index is 200. The number of β-amino-alcohol motifs (C(OH)–C–C–N with tert-alkyl or cyclic N) is 1. The number of aliphatic hydroxyl groups is 1. The third-order valence-electron chi connectivity index (χ3n) is 2.42. The number of hydrogen-bond acceptors (Lipinski definition) is 3. The second-order valence-electron chi connectivity index (χ2n) is 4.06. The van der Waals surface area contributed by atoms with Crippen molar-refractivity contribution in [3.8, 4) is 0 Å². The van der Waals surface area contributed by atoms with Crippen LogP contribution in [0, 0.1) is 0 Å². The highest BCUT2D eigenvalue weighted by molar-refractivity contribution is 5.73. The summed E-state index contributed by atoms with van der Waals surface area (Å²) in [6.45, 7) is 1.82. The summed E-state index contributed by atoms with van der Waals surface area (Å²) in [4.78, 5) is 12.7. The number of hydrogen-bond donors (Lipinski definition) is 3. The molecule has 5 heteroatoms. The van der Waals surface area contributed by atoms with Crippen molar-refractivity contribution in [3.63, 3.8) is 0 Å². The van der Waals surface area contributed by atoms with Gasteiger partial charge in [0.25, 0.3) is 0 Å². The Hall–Kier alpha value is -0.810. The fourth-order valence-electron chi connectivity index (χ4n) is 1.50. The van der Waals surface area contributed by atoms with Crippen molar-refractivity contribution in [1.29, 1.82) is 0 Å². The van der Waals surface area contributed by atoms with Crippen molar-refractivity contribution in [3.05, 3.63) is 0 Å². The monoisotopic (exact) mass is 201 g/mol. The number of urea groups is 1. The third kappa shape index (κ3) is 3.16. The van der Waals surface area contributed by atoms with Gasteiger partial charge in [0, 0.05) is 27.2 Å². The summed E-state index contributed by atoms with van der Waals surface area (Å²) in [6.07, 6.45) is 1.70. The molecule has 0 bridgehead atoms. The van der Waals surface area contributed by atoms with Gasteiger partial charge in [0.05, 0.1) is 5.60 Å². The molecule has 1 aliphatic heterocycles. The topological polar surface area (TPSA) is 64.6 Å². The number of amides is 2. The Labute approximate surface area is 84.5 Å². The molecule has 0 radical (unpaired) electrons. The zero-order chi connectivity index (χ0) is 10.6. The van der Waals surface area contributed by atoms with Crippen molar-refractivity contribution >= 4 is 6.03 Å². The molecule has 1 fully saturated rings. The molecule has 3 N–H and O–H groups in total. The van der Waals surface area contributed by atoms with E-state index in [-0.39, 0.29) is 6.03 Å². The maximum atomic E-state index is 11.2. The van der Waals surface area contributed by atoms with E-state index in [9.17, 15) is 9.90 Å². The Morgan fingerprint density at radius 1 is 1.64 bits per heavy atom. The van der Waals surface area contributed by atoms with Gasteiger partial charge in [-0.05, 0) is 19.4 Å². The van der Waals surface area contributed by atoms with E-state index in [1.807, 2.05) is 0 Å². The molecule has 2 amide bonds. The summed E-state index contributed by atoms with van der Waals surface area (Å²) in [7, 11) is 3.36. The molecular weight excluding hydrogens is 182 g/mol. The van der Waals surface area contributed by atoms with E-state index in [1.54, 1.807) is 14.1 Å². The van der Waals surface area contributed by atoms with Crippen LogP contribution in [0.15, 0.2) is 0 Å². The van der Waals surface area contributed by atoms with Crippen LogP contribution in [0.4, 0.5) is 4.79 Å². The molecular formula is C9H19N3O2. The van der Waals surface area contributed by atoms with Gasteiger partial charge in [-0.2, -0.15) is 0 Å². The predicted molar refractivity (Wildman–Crippen MR) is 54.1 cm³/mol. The van der Waals surface area contributed by atoms with Gasteiger partial charge >= 0.3 is 6.03 Å². The molecule has 14 heavy (non-hydrogen) atoms. The first-order chi connectivity index (χ1) is 6.53. The summed E-state index contributed by atoms with van der Waals surface area (Å²) in [5, 5.41) is 15.8. The van der Waals surface area contributed by atoms with Gasteiger partial charge in [-0.25, -0.2) is 4.79 Å². The normalized spacial score (nSPS) is 27.1. The predicted octanol–water partition coefficient (Wildman–Crippen LogP) is -0.628.